The molecule has 0 saturated heterocycles. The second-order valence-corrected chi connectivity index (χ2v) is 6.77. The maximum atomic E-state index is 12.5. The van der Waals surface area contributed by atoms with Gasteiger partial charge < -0.3 is 14.3 Å². The number of hydrogen-bond donors (Lipinski definition) is 1. The van der Waals surface area contributed by atoms with Crippen molar-refractivity contribution in [2.24, 2.45) is 5.92 Å². The Morgan fingerprint density at radius 1 is 1.04 bits per heavy atom. The van der Waals surface area contributed by atoms with Crippen LogP contribution in [0, 0.1) is 5.92 Å². The van der Waals surface area contributed by atoms with Crippen molar-refractivity contribution in [2.45, 2.75) is 32.8 Å². The summed E-state index contributed by atoms with van der Waals surface area (Å²) in [5, 5.41) is 10.3. The molecule has 2 aromatic carbocycles. The molecule has 3 rings (SSSR count). The van der Waals surface area contributed by atoms with Crippen LogP contribution in [0.2, 0.25) is 0 Å². The summed E-state index contributed by atoms with van der Waals surface area (Å²) in [5.74, 6) is -1.07. The van der Waals surface area contributed by atoms with Gasteiger partial charge in [0.15, 0.2) is 5.78 Å². The molecule has 1 heterocycles. The van der Waals surface area contributed by atoms with Crippen LogP contribution in [0.1, 0.15) is 36.2 Å². The molecule has 1 N–H and O–H groups in total. The van der Waals surface area contributed by atoms with Gasteiger partial charge in [-0.1, -0.05) is 62.4 Å². The lowest BCUT2D eigenvalue weighted by molar-refractivity contribution is -0.147. The van der Waals surface area contributed by atoms with E-state index >= 15 is 0 Å². The molecule has 0 spiro atoms. The fraction of sp³-hybridized carbons (Fsp3) is 0.273. The van der Waals surface area contributed by atoms with Crippen molar-refractivity contribution in [2.75, 3.05) is 0 Å². The largest absolute Gasteiger partial charge is 0.478 e. The third-order valence-corrected chi connectivity index (χ3v) is 4.44. The summed E-state index contributed by atoms with van der Waals surface area (Å²) in [5.41, 5.74) is 1.99. The van der Waals surface area contributed by atoms with E-state index < -0.39 is 12.1 Å². The highest BCUT2D eigenvalue weighted by atomic mass is 16.6. The molecule has 0 aliphatic carbocycles. The van der Waals surface area contributed by atoms with E-state index in [9.17, 15) is 14.7 Å². The molecule has 5 nitrogen and oxygen atoms in total. The lowest BCUT2D eigenvalue weighted by atomic mass is 10.0. The highest BCUT2D eigenvalue weighted by Crippen LogP contribution is 2.34. The van der Waals surface area contributed by atoms with Gasteiger partial charge in [0.1, 0.15) is 5.58 Å². The van der Waals surface area contributed by atoms with Crippen molar-refractivity contribution >= 4 is 22.7 Å². The highest BCUT2D eigenvalue weighted by Gasteiger charge is 2.27. The smallest absolute Gasteiger partial charge is 0.345 e. The lowest BCUT2D eigenvalue weighted by Gasteiger charge is -2.17. The molecule has 0 fully saturated rings. The van der Waals surface area contributed by atoms with E-state index in [0.29, 0.717) is 17.6 Å². The zero-order valence-corrected chi connectivity index (χ0v) is 15.3. The van der Waals surface area contributed by atoms with E-state index in [-0.39, 0.29) is 24.1 Å². The Labute approximate surface area is 157 Å². The molecule has 5 heteroatoms. The van der Waals surface area contributed by atoms with E-state index in [2.05, 4.69) is 0 Å². The summed E-state index contributed by atoms with van der Waals surface area (Å²) in [6, 6.07) is 16.5. The van der Waals surface area contributed by atoms with Crippen LogP contribution in [0.3, 0.4) is 0 Å². The molecule has 0 amide bonds. The zero-order valence-electron chi connectivity index (χ0n) is 15.3. The van der Waals surface area contributed by atoms with Crippen molar-refractivity contribution in [3.05, 3.63) is 65.7 Å². The molecule has 0 aliphatic heterocycles. The average molecular weight is 366 g/mol. The number of aryl methyl sites for hydroxylation is 1. The summed E-state index contributed by atoms with van der Waals surface area (Å²) < 4.78 is 11.5. The van der Waals surface area contributed by atoms with Crippen LogP contribution in [0.15, 0.2) is 59.0 Å². The van der Waals surface area contributed by atoms with E-state index in [1.165, 1.54) is 0 Å². The lowest BCUT2D eigenvalue weighted by Crippen LogP contribution is -2.32. The molecule has 0 saturated carbocycles. The van der Waals surface area contributed by atoms with Gasteiger partial charge in [0.05, 0.1) is 0 Å². The number of carboxylic acid groups (broad SMARTS) is 1. The van der Waals surface area contributed by atoms with Gasteiger partial charge in [-0.2, -0.15) is 0 Å². The molecule has 1 aromatic heterocycles. The highest BCUT2D eigenvalue weighted by molar-refractivity contribution is 5.96. The minimum Gasteiger partial charge on any atom is -0.478 e. The van der Waals surface area contributed by atoms with Crippen molar-refractivity contribution in [1.29, 1.82) is 0 Å². The van der Waals surface area contributed by atoms with Crippen LogP contribution in [0.25, 0.3) is 11.0 Å². The minimum atomic E-state index is -1.04. The molecule has 0 aliphatic rings. The number of benzene rings is 2. The van der Waals surface area contributed by atoms with Gasteiger partial charge in [-0.15, -0.1) is 0 Å². The van der Waals surface area contributed by atoms with Crippen LogP contribution < -0.4 is 4.74 Å². The fourth-order valence-corrected chi connectivity index (χ4v) is 3.00. The molecule has 1 atom stereocenters. The van der Waals surface area contributed by atoms with Crippen LogP contribution in [-0.4, -0.2) is 23.0 Å². The first-order valence-corrected chi connectivity index (χ1v) is 8.95. The number of ketones is 1. The Morgan fingerprint density at radius 2 is 1.70 bits per heavy atom. The monoisotopic (exact) mass is 366 g/mol. The van der Waals surface area contributed by atoms with Crippen LogP contribution in [0.4, 0.5) is 0 Å². The third-order valence-electron chi connectivity index (χ3n) is 4.44. The Morgan fingerprint density at radius 3 is 2.37 bits per heavy atom. The Balaban J connectivity index is 1.88. The minimum absolute atomic E-state index is 0.0190. The Kier molecular flexibility index (Phi) is 5.60. The number of hydrogen-bond acceptors (Lipinski definition) is 4. The SMILES string of the molecule is CC(C)C(Oc1oc2ccccc2c1CCC(=O)c1ccccc1)C(=O)O. The number of fused-ring (bicyclic) bond motifs is 1. The van der Waals surface area contributed by atoms with E-state index in [1.54, 1.807) is 32.0 Å². The molecule has 0 bridgehead atoms. The third kappa shape index (κ3) is 4.19. The number of ether oxygens (including phenoxy) is 1. The second-order valence-electron chi connectivity index (χ2n) is 6.77. The van der Waals surface area contributed by atoms with Crippen molar-refractivity contribution in [3.8, 4) is 5.95 Å². The molecule has 0 radical (unpaired) electrons. The van der Waals surface area contributed by atoms with Crippen molar-refractivity contribution < 1.29 is 23.8 Å². The summed E-state index contributed by atoms with van der Waals surface area (Å²) in [6.45, 7) is 3.56. The van der Waals surface area contributed by atoms with Gasteiger partial charge in [0, 0.05) is 28.9 Å². The standard InChI is InChI=1S/C22H22O5/c1-14(2)20(21(24)25)27-22-17(16-10-6-7-11-19(16)26-22)12-13-18(23)15-8-4-3-5-9-15/h3-11,14,20H,12-13H2,1-2H3,(H,24,25). The summed E-state index contributed by atoms with van der Waals surface area (Å²) in [4.78, 5) is 24.0. The number of Topliss-reactive ketones (excluding diaryl/α,β-unsaturated/α-hetero) is 1. The summed E-state index contributed by atoms with van der Waals surface area (Å²) in [7, 11) is 0. The normalized spacial score (nSPS) is 12.3. The predicted octanol–water partition coefficient (Wildman–Crippen LogP) is 4.74. The number of furan rings is 1. The molecular weight excluding hydrogens is 344 g/mol. The van der Waals surface area contributed by atoms with E-state index in [1.807, 2.05) is 36.4 Å². The second kappa shape index (κ2) is 8.08. The van der Waals surface area contributed by atoms with Gasteiger partial charge in [0.25, 0.3) is 5.95 Å². The number of rotatable bonds is 8. The molecular formula is C22H22O5. The average Bonchev–Trinajstić information content (AvgIpc) is 3.01. The molecule has 3 aromatic rings. The maximum Gasteiger partial charge on any atom is 0.345 e. The number of carboxylic acids is 1. The van der Waals surface area contributed by atoms with Crippen LogP contribution in [0.5, 0.6) is 5.95 Å². The predicted molar refractivity (Wildman–Crippen MR) is 102 cm³/mol. The van der Waals surface area contributed by atoms with Crippen molar-refractivity contribution in [3.63, 3.8) is 0 Å². The van der Waals surface area contributed by atoms with Gasteiger partial charge >= 0.3 is 5.97 Å². The summed E-state index contributed by atoms with van der Waals surface area (Å²) in [6.07, 6.45) is -0.331. The molecule has 27 heavy (non-hydrogen) atoms. The first kappa shape index (κ1) is 18.7. The fourth-order valence-electron chi connectivity index (χ4n) is 3.00. The first-order chi connectivity index (χ1) is 13.0. The zero-order chi connectivity index (χ0) is 19.4. The van der Waals surface area contributed by atoms with Gasteiger partial charge in [-0.25, -0.2) is 4.79 Å². The van der Waals surface area contributed by atoms with Crippen LogP contribution in [-0.2, 0) is 11.2 Å². The number of para-hydroxylation sites is 1. The van der Waals surface area contributed by atoms with Crippen molar-refractivity contribution in [1.82, 2.24) is 0 Å². The van der Waals surface area contributed by atoms with E-state index in [4.69, 9.17) is 9.15 Å². The maximum absolute atomic E-state index is 12.5. The number of aliphatic carboxylic acids is 1. The van der Waals surface area contributed by atoms with Gasteiger partial charge in [-0.05, 0) is 12.5 Å². The quantitative estimate of drug-likeness (QED) is 0.583. The van der Waals surface area contributed by atoms with E-state index in [0.717, 1.165) is 10.9 Å². The van der Waals surface area contributed by atoms with Gasteiger partial charge in [-0.3, -0.25) is 4.79 Å². The van der Waals surface area contributed by atoms with Crippen LogP contribution >= 0.6 is 0 Å². The summed E-state index contributed by atoms with van der Waals surface area (Å²) >= 11 is 0. The first-order valence-electron chi connectivity index (χ1n) is 8.95. The number of carbonyl (C=O) groups excluding carboxylic acids is 1. The Bertz CT molecular complexity index is 940. The topological polar surface area (TPSA) is 76.7 Å². The Hall–Kier alpha value is -3.08. The molecule has 140 valence electrons. The number of carbonyl (C=O) groups is 2. The molecule has 1 unspecified atom stereocenters. The van der Waals surface area contributed by atoms with Gasteiger partial charge in [0.2, 0.25) is 6.10 Å².